The summed E-state index contributed by atoms with van der Waals surface area (Å²) in [4.78, 5) is 17.3. The lowest BCUT2D eigenvalue weighted by atomic mass is 9.94. The number of hydrogen-bond donors (Lipinski definition) is 0. The molecule has 2 heterocycles. The first-order valence-electron chi connectivity index (χ1n) is 7.81. The number of ether oxygens (including phenoxy) is 2. The molecule has 0 aromatic heterocycles. The summed E-state index contributed by atoms with van der Waals surface area (Å²) in [6.45, 7) is 0.188. The van der Waals surface area contributed by atoms with Crippen molar-refractivity contribution in [2.45, 2.75) is 6.42 Å². The van der Waals surface area contributed by atoms with Gasteiger partial charge in [-0.05, 0) is 28.5 Å². The van der Waals surface area contributed by atoms with Crippen LogP contribution in [0.5, 0.6) is 11.5 Å². The van der Waals surface area contributed by atoms with Crippen LogP contribution in [0.15, 0.2) is 59.6 Å². The number of carbonyl (C=O) groups excluding carboxylic acids is 1. The highest BCUT2D eigenvalue weighted by Gasteiger charge is 2.25. The van der Waals surface area contributed by atoms with Crippen LogP contribution in [0.4, 0.5) is 5.69 Å². The number of ketones is 1. The predicted molar refractivity (Wildman–Crippen MR) is 91.7 cm³/mol. The van der Waals surface area contributed by atoms with Gasteiger partial charge < -0.3 is 9.47 Å². The fourth-order valence-corrected chi connectivity index (χ4v) is 3.21. The SMILES string of the molecule is O=C1CC(c2ccc3ccccc3c2)=Nc2cc3c(cc21)OCO3. The molecule has 0 aliphatic carbocycles. The zero-order valence-corrected chi connectivity index (χ0v) is 12.8. The summed E-state index contributed by atoms with van der Waals surface area (Å²) in [7, 11) is 0. The molecular formula is C20H13NO3. The Morgan fingerprint density at radius 3 is 2.54 bits per heavy atom. The summed E-state index contributed by atoms with van der Waals surface area (Å²) in [6.07, 6.45) is 0.297. The van der Waals surface area contributed by atoms with Crippen molar-refractivity contribution < 1.29 is 14.3 Å². The fraction of sp³-hybridized carbons (Fsp3) is 0.100. The Morgan fingerprint density at radius 2 is 1.67 bits per heavy atom. The van der Waals surface area contributed by atoms with Crippen molar-refractivity contribution in [3.05, 3.63) is 65.7 Å². The largest absolute Gasteiger partial charge is 0.454 e. The summed E-state index contributed by atoms with van der Waals surface area (Å²) in [5.41, 5.74) is 3.02. The number of carbonyl (C=O) groups is 1. The lowest BCUT2D eigenvalue weighted by molar-refractivity contribution is 0.0999. The van der Waals surface area contributed by atoms with Gasteiger partial charge in [0.1, 0.15) is 0 Å². The Morgan fingerprint density at radius 1 is 0.875 bits per heavy atom. The Bertz CT molecular complexity index is 1040. The number of rotatable bonds is 1. The maximum Gasteiger partial charge on any atom is 0.231 e. The van der Waals surface area contributed by atoms with Crippen LogP contribution in [-0.4, -0.2) is 18.3 Å². The zero-order chi connectivity index (χ0) is 16.1. The molecule has 4 heteroatoms. The van der Waals surface area contributed by atoms with Crippen molar-refractivity contribution in [1.82, 2.24) is 0 Å². The van der Waals surface area contributed by atoms with E-state index in [0.29, 0.717) is 29.2 Å². The first kappa shape index (κ1) is 13.3. The minimum absolute atomic E-state index is 0.0569. The standard InChI is InChI=1S/C20H13NO3/c22-18-9-16(14-6-5-12-3-1-2-4-13(12)7-14)21-17-10-20-19(8-15(17)18)23-11-24-20/h1-8,10H,9,11H2. The van der Waals surface area contributed by atoms with Gasteiger partial charge in [0.2, 0.25) is 6.79 Å². The smallest absolute Gasteiger partial charge is 0.231 e. The van der Waals surface area contributed by atoms with Gasteiger partial charge in [0.15, 0.2) is 17.3 Å². The topological polar surface area (TPSA) is 47.9 Å². The normalized spacial score (nSPS) is 15.3. The molecule has 0 amide bonds. The van der Waals surface area contributed by atoms with E-state index in [4.69, 9.17) is 14.5 Å². The second-order valence-corrected chi connectivity index (χ2v) is 5.94. The highest BCUT2D eigenvalue weighted by atomic mass is 16.7. The van der Waals surface area contributed by atoms with Crippen molar-refractivity contribution in [2.75, 3.05) is 6.79 Å². The Hall–Kier alpha value is -3.14. The molecule has 0 saturated heterocycles. The monoisotopic (exact) mass is 315 g/mol. The summed E-state index contributed by atoms with van der Waals surface area (Å²) < 4.78 is 10.7. The van der Waals surface area contributed by atoms with Crippen molar-refractivity contribution in [1.29, 1.82) is 0 Å². The lowest BCUT2D eigenvalue weighted by Gasteiger charge is -2.16. The van der Waals surface area contributed by atoms with Crippen LogP contribution in [-0.2, 0) is 0 Å². The minimum Gasteiger partial charge on any atom is -0.454 e. The predicted octanol–water partition coefficient (Wildman–Crippen LogP) is 4.28. The lowest BCUT2D eigenvalue weighted by Crippen LogP contribution is -2.14. The molecule has 24 heavy (non-hydrogen) atoms. The van der Waals surface area contributed by atoms with Crippen LogP contribution in [0.25, 0.3) is 10.8 Å². The maximum atomic E-state index is 12.6. The van der Waals surface area contributed by atoms with Gasteiger partial charge in [-0.1, -0.05) is 36.4 Å². The molecule has 0 bridgehead atoms. The third-order valence-electron chi connectivity index (χ3n) is 4.46. The number of hydrogen-bond acceptors (Lipinski definition) is 4. The van der Waals surface area contributed by atoms with Gasteiger partial charge in [-0.3, -0.25) is 9.79 Å². The zero-order valence-electron chi connectivity index (χ0n) is 12.8. The molecule has 2 aliphatic heterocycles. The van der Waals surface area contributed by atoms with Crippen molar-refractivity contribution in [3.8, 4) is 11.5 Å². The van der Waals surface area contributed by atoms with E-state index >= 15 is 0 Å². The van der Waals surface area contributed by atoms with Gasteiger partial charge in [-0.25, -0.2) is 0 Å². The molecule has 5 rings (SSSR count). The summed E-state index contributed by atoms with van der Waals surface area (Å²) in [6, 6.07) is 17.9. The molecule has 0 saturated carbocycles. The molecule has 0 radical (unpaired) electrons. The van der Waals surface area contributed by atoms with Crippen LogP contribution >= 0.6 is 0 Å². The Balaban J connectivity index is 1.64. The number of fused-ring (bicyclic) bond motifs is 3. The molecule has 0 atom stereocenters. The van der Waals surface area contributed by atoms with Crippen LogP contribution in [0.3, 0.4) is 0 Å². The average Bonchev–Trinajstić information content (AvgIpc) is 3.07. The maximum absolute atomic E-state index is 12.6. The Labute approximate surface area is 138 Å². The van der Waals surface area contributed by atoms with Crippen molar-refractivity contribution in [2.24, 2.45) is 4.99 Å². The van der Waals surface area contributed by atoms with Crippen LogP contribution in [0, 0.1) is 0 Å². The van der Waals surface area contributed by atoms with Gasteiger partial charge in [0, 0.05) is 11.6 Å². The third-order valence-corrected chi connectivity index (χ3v) is 4.46. The van der Waals surface area contributed by atoms with E-state index < -0.39 is 0 Å². The molecule has 4 nitrogen and oxygen atoms in total. The van der Waals surface area contributed by atoms with E-state index in [9.17, 15) is 4.79 Å². The van der Waals surface area contributed by atoms with Gasteiger partial charge in [-0.2, -0.15) is 0 Å². The molecule has 0 fully saturated rings. The molecule has 116 valence electrons. The quantitative estimate of drug-likeness (QED) is 0.673. The van der Waals surface area contributed by atoms with E-state index in [1.165, 1.54) is 5.39 Å². The Kier molecular flexibility index (Phi) is 2.73. The molecule has 0 N–H and O–H groups in total. The number of Topliss-reactive ketones (excluding diaryl/α,β-unsaturated/α-hetero) is 1. The second kappa shape index (κ2) is 4.93. The molecule has 0 unspecified atom stereocenters. The highest BCUT2D eigenvalue weighted by molar-refractivity contribution is 6.21. The average molecular weight is 315 g/mol. The molecule has 0 spiro atoms. The van der Waals surface area contributed by atoms with Crippen LogP contribution in [0.2, 0.25) is 0 Å². The first-order chi connectivity index (χ1) is 11.8. The highest BCUT2D eigenvalue weighted by Crippen LogP contribution is 2.40. The third kappa shape index (κ3) is 2.00. The van der Waals surface area contributed by atoms with Crippen molar-refractivity contribution in [3.63, 3.8) is 0 Å². The first-order valence-corrected chi connectivity index (χ1v) is 7.81. The molecular weight excluding hydrogens is 302 g/mol. The summed E-state index contributed by atoms with van der Waals surface area (Å²) in [5, 5.41) is 2.31. The van der Waals surface area contributed by atoms with E-state index in [1.54, 1.807) is 12.1 Å². The van der Waals surface area contributed by atoms with Crippen LogP contribution in [0.1, 0.15) is 22.3 Å². The van der Waals surface area contributed by atoms with Gasteiger partial charge in [0.25, 0.3) is 0 Å². The molecule has 2 aliphatic rings. The van der Waals surface area contributed by atoms with Gasteiger partial charge in [-0.15, -0.1) is 0 Å². The number of nitrogens with zero attached hydrogens (tertiary/aromatic N) is 1. The number of aliphatic imine (C=N–C) groups is 1. The van der Waals surface area contributed by atoms with Gasteiger partial charge >= 0.3 is 0 Å². The summed E-state index contributed by atoms with van der Waals surface area (Å²) >= 11 is 0. The van der Waals surface area contributed by atoms with Crippen molar-refractivity contribution >= 4 is 28.0 Å². The van der Waals surface area contributed by atoms with Gasteiger partial charge in [0.05, 0.1) is 17.8 Å². The molecule has 3 aromatic rings. The van der Waals surface area contributed by atoms with E-state index in [1.807, 2.05) is 18.2 Å². The van der Waals surface area contributed by atoms with E-state index in [-0.39, 0.29) is 12.6 Å². The number of benzene rings is 3. The summed E-state index contributed by atoms with van der Waals surface area (Å²) in [5.74, 6) is 1.32. The minimum atomic E-state index is 0.0569. The second-order valence-electron chi connectivity index (χ2n) is 5.94. The molecule has 3 aromatic carbocycles. The fourth-order valence-electron chi connectivity index (χ4n) is 3.21. The van der Waals surface area contributed by atoms with E-state index in [0.717, 1.165) is 16.7 Å². The van der Waals surface area contributed by atoms with Crippen LogP contribution < -0.4 is 9.47 Å². The van der Waals surface area contributed by atoms with E-state index in [2.05, 4.69) is 24.3 Å².